The molecule has 3 aliphatic heterocycles. The van der Waals surface area contributed by atoms with Gasteiger partial charge in [0.25, 0.3) is 0 Å². The number of aliphatic hydroxyl groups is 1. The number of nitrogens with zero attached hydrogens (tertiary/aromatic N) is 1. The van der Waals surface area contributed by atoms with Crippen LogP contribution in [0.15, 0.2) is 42.5 Å². The average Bonchev–Trinajstić information content (AvgIpc) is 3.28. The number of piperidine rings is 2. The normalized spacial score (nSPS) is 52.6. The Morgan fingerprint density at radius 3 is 2.44 bits per heavy atom. The van der Waals surface area contributed by atoms with Gasteiger partial charge in [0.05, 0.1) is 16.6 Å². The van der Waals surface area contributed by atoms with Crippen LogP contribution in [-0.2, 0) is 23.8 Å². The highest BCUT2D eigenvalue weighted by molar-refractivity contribution is 5.89. The topological polar surface area (TPSA) is 102 Å². The molecule has 9 bridgehead atoms. The Labute approximate surface area is 227 Å². The van der Waals surface area contributed by atoms with Gasteiger partial charge in [0.15, 0.2) is 0 Å². The third-order valence-electron chi connectivity index (χ3n) is 12.3. The van der Waals surface area contributed by atoms with Crippen LogP contribution in [0.3, 0.4) is 0 Å². The summed E-state index contributed by atoms with van der Waals surface area (Å²) >= 11 is 0. The summed E-state index contributed by atoms with van der Waals surface area (Å²) in [5, 5.41) is 13.3. The van der Waals surface area contributed by atoms with Gasteiger partial charge < -0.3 is 19.3 Å². The number of carbonyl (C=O) groups excluding carboxylic acids is 3. The van der Waals surface area contributed by atoms with Crippen LogP contribution in [0.2, 0.25) is 0 Å². The first-order valence-corrected chi connectivity index (χ1v) is 14.3. The zero-order valence-corrected chi connectivity index (χ0v) is 22.6. The van der Waals surface area contributed by atoms with E-state index in [1.807, 2.05) is 6.07 Å². The Kier molecular flexibility index (Phi) is 4.41. The van der Waals surface area contributed by atoms with E-state index >= 15 is 0 Å². The van der Waals surface area contributed by atoms with E-state index in [0.717, 1.165) is 25.0 Å². The molecule has 0 aromatic heterocycles. The van der Waals surface area contributed by atoms with Crippen molar-refractivity contribution in [2.24, 2.45) is 34.0 Å². The number of carbonyl (C=O) groups is 3. The lowest BCUT2D eigenvalue weighted by molar-refractivity contribution is -0.305. The molecule has 0 amide bonds. The van der Waals surface area contributed by atoms with E-state index < -0.39 is 46.7 Å². The molecule has 13 atom stereocenters. The summed E-state index contributed by atoms with van der Waals surface area (Å²) in [4.78, 5) is 41.0. The summed E-state index contributed by atoms with van der Waals surface area (Å²) in [6, 6.07) is 9.01. The van der Waals surface area contributed by atoms with Crippen LogP contribution in [0.1, 0.15) is 56.8 Å². The lowest BCUT2D eigenvalue weighted by Gasteiger charge is -2.69. The largest absolute Gasteiger partial charge is 0.458 e. The zero-order valence-electron chi connectivity index (χ0n) is 22.6. The first-order valence-electron chi connectivity index (χ1n) is 14.3. The molecule has 8 heteroatoms. The minimum Gasteiger partial charge on any atom is -0.458 e. The third-order valence-corrected chi connectivity index (χ3v) is 12.3. The molecule has 1 aromatic carbocycles. The molecule has 0 radical (unpaired) electrons. The van der Waals surface area contributed by atoms with Gasteiger partial charge in [-0.15, -0.1) is 0 Å². The second-order valence-electron chi connectivity index (χ2n) is 13.7. The number of hydrogen-bond acceptors (Lipinski definition) is 8. The maximum atomic E-state index is 13.4. The van der Waals surface area contributed by atoms with Gasteiger partial charge in [-0.3, -0.25) is 14.5 Å². The maximum absolute atomic E-state index is 13.4. The molecule has 206 valence electrons. The number of fused-ring (bicyclic) bond motifs is 1. The van der Waals surface area contributed by atoms with E-state index in [9.17, 15) is 19.5 Å². The highest BCUT2D eigenvalue weighted by Gasteiger charge is 2.97. The van der Waals surface area contributed by atoms with Crippen molar-refractivity contribution in [1.82, 2.24) is 4.90 Å². The molecule has 39 heavy (non-hydrogen) atoms. The van der Waals surface area contributed by atoms with Crippen LogP contribution in [0.4, 0.5) is 0 Å². The number of hydrogen-bond donors (Lipinski definition) is 1. The summed E-state index contributed by atoms with van der Waals surface area (Å²) in [7, 11) is 0. The lowest BCUT2D eigenvalue weighted by atomic mass is 9.37. The lowest BCUT2D eigenvalue weighted by Crippen LogP contribution is -2.78. The Balaban J connectivity index is 1.31. The first-order chi connectivity index (χ1) is 18.5. The van der Waals surface area contributed by atoms with E-state index in [4.69, 9.17) is 14.2 Å². The molecule has 6 aliphatic carbocycles. The monoisotopic (exact) mass is 533 g/mol. The summed E-state index contributed by atoms with van der Waals surface area (Å²) in [6.45, 7) is 10.3. The molecule has 10 rings (SSSR count). The Morgan fingerprint density at radius 2 is 1.74 bits per heavy atom. The van der Waals surface area contributed by atoms with Crippen molar-refractivity contribution in [3.63, 3.8) is 0 Å². The highest BCUT2D eigenvalue weighted by atomic mass is 16.6. The van der Waals surface area contributed by atoms with Crippen LogP contribution in [0.5, 0.6) is 0 Å². The van der Waals surface area contributed by atoms with E-state index in [-0.39, 0.29) is 41.2 Å². The fourth-order valence-electron chi connectivity index (χ4n) is 11.9. The highest BCUT2D eigenvalue weighted by Crippen LogP contribution is 2.88. The predicted octanol–water partition coefficient (Wildman–Crippen LogP) is 2.89. The Morgan fingerprint density at radius 1 is 1.03 bits per heavy atom. The molecule has 13 unspecified atom stereocenters. The van der Waals surface area contributed by atoms with Gasteiger partial charge in [-0.2, -0.15) is 0 Å². The van der Waals surface area contributed by atoms with Crippen LogP contribution in [-0.4, -0.2) is 70.5 Å². The van der Waals surface area contributed by atoms with Crippen LogP contribution >= 0.6 is 0 Å². The van der Waals surface area contributed by atoms with E-state index in [1.54, 1.807) is 24.3 Å². The molecule has 1 aromatic rings. The summed E-state index contributed by atoms with van der Waals surface area (Å²) in [5.41, 5.74) is -1.65. The van der Waals surface area contributed by atoms with Crippen molar-refractivity contribution < 1.29 is 33.7 Å². The molecular formula is C31H35NO7. The predicted molar refractivity (Wildman–Crippen MR) is 137 cm³/mol. The molecule has 6 saturated carbocycles. The van der Waals surface area contributed by atoms with E-state index in [0.29, 0.717) is 18.4 Å². The minimum atomic E-state index is -1.25. The molecule has 3 saturated heterocycles. The molecule has 2 spiro atoms. The molecule has 3 heterocycles. The van der Waals surface area contributed by atoms with Crippen molar-refractivity contribution in [1.29, 1.82) is 0 Å². The van der Waals surface area contributed by atoms with Crippen molar-refractivity contribution in [2.75, 3.05) is 6.54 Å². The van der Waals surface area contributed by atoms with Gasteiger partial charge in [-0.25, -0.2) is 4.79 Å². The van der Waals surface area contributed by atoms with Gasteiger partial charge >= 0.3 is 17.9 Å². The Hall–Kier alpha value is -2.71. The van der Waals surface area contributed by atoms with Gasteiger partial charge in [0, 0.05) is 37.9 Å². The number of esters is 3. The summed E-state index contributed by atoms with van der Waals surface area (Å²) < 4.78 is 18.5. The molecule has 1 N–H and O–H groups in total. The summed E-state index contributed by atoms with van der Waals surface area (Å²) in [5.74, 6) is -1.11. The van der Waals surface area contributed by atoms with Crippen LogP contribution in [0.25, 0.3) is 0 Å². The third kappa shape index (κ3) is 2.41. The van der Waals surface area contributed by atoms with Crippen molar-refractivity contribution in [2.45, 2.75) is 82.5 Å². The number of benzene rings is 1. The fraction of sp³-hybridized carbons (Fsp3) is 0.645. The SMILES string of the molecule is C=C1C2CC3C4N5CC6(C)CC(OC(=O)c7ccccc7)C(OC(C)=O)C47C6C5CC3(C1OC(C)=O)C7(O)C2. The van der Waals surface area contributed by atoms with Gasteiger partial charge in [0.1, 0.15) is 18.3 Å². The second kappa shape index (κ2) is 7.13. The molecule has 8 nitrogen and oxygen atoms in total. The van der Waals surface area contributed by atoms with Crippen LogP contribution in [0, 0.1) is 34.0 Å². The smallest absolute Gasteiger partial charge is 0.338 e. The van der Waals surface area contributed by atoms with Crippen molar-refractivity contribution in [3.05, 3.63) is 48.0 Å². The summed E-state index contributed by atoms with van der Waals surface area (Å²) in [6.07, 6.45) is 0.611. The molecular weight excluding hydrogens is 498 g/mol. The van der Waals surface area contributed by atoms with Gasteiger partial charge in [-0.05, 0) is 66.6 Å². The number of ether oxygens (including phenoxy) is 3. The number of rotatable bonds is 4. The fourth-order valence-corrected chi connectivity index (χ4v) is 11.9. The van der Waals surface area contributed by atoms with Gasteiger partial charge in [0.2, 0.25) is 0 Å². The second-order valence-corrected chi connectivity index (χ2v) is 13.7. The van der Waals surface area contributed by atoms with Gasteiger partial charge in [-0.1, -0.05) is 31.7 Å². The van der Waals surface area contributed by atoms with Crippen molar-refractivity contribution >= 4 is 17.9 Å². The first kappa shape index (κ1) is 24.1. The van der Waals surface area contributed by atoms with E-state index in [1.165, 1.54) is 13.8 Å². The zero-order chi connectivity index (χ0) is 27.3. The molecule has 9 fully saturated rings. The van der Waals surface area contributed by atoms with Crippen molar-refractivity contribution in [3.8, 4) is 0 Å². The minimum absolute atomic E-state index is 0.0137. The van der Waals surface area contributed by atoms with E-state index in [2.05, 4.69) is 18.4 Å². The maximum Gasteiger partial charge on any atom is 0.338 e. The Bertz CT molecular complexity index is 1350. The van der Waals surface area contributed by atoms with Crippen LogP contribution < -0.4 is 0 Å². The molecule has 9 aliphatic rings. The standard InChI is InChI=1S/C31H35NO7/c1-15-19-10-20-24-31-23-21(12-29(20,30(31,36)11-19)25(15)37-16(2)33)32(24)14-28(23,4)13-22(26(31)38-17(3)34)39-27(35)18-8-6-5-7-9-18/h5-9,19-26,36H,1,10-14H2,2-4H3. The quantitative estimate of drug-likeness (QED) is 0.358. The average molecular weight is 534 g/mol.